The van der Waals surface area contributed by atoms with Crippen molar-refractivity contribution in [3.63, 3.8) is 0 Å². The van der Waals surface area contributed by atoms with Crippen LogP contribution in [0.3, 0.4) is 0 Å². The number of aromatic nitrogens is 1. The lowest BCUT2D eigenvalue weighted by Crippen LogP contribution is -2.15. The van der Waals surface area contributed by atoms with Crippen LogP contribution in [0.2, 0.25) is 0 Å². The van der Waals surface area contributed by atoms with Crippen LogP contribution in [0.25, 0.3) is 0 Å². The van der Waals surface area contributed by atoms with Crippen LogP contribution in [-0.4, -0.2) is 13.4 Å². The molecule has 7 heteroatoms. The molecule has 134 valence electrons. The fourth-order valence-electron chi connectivity index (χ4n) is 2.52. The zero-order chi connectivity index (χ0) is 18.7. The average molecular weight is 371 g/mol. The van der Waals surface area contributed by atoms with Crippen molar-refractivity contribution >= 4 is 27.2 Å². The van der Waals surface area contributed by atoms with Crippen molar-refractivity contribution in [2.24, 2.45) is 0 Å². The zero-order valence-corrected chi connectivity index (χ0v) is 15.1. The summed E-state index contributed by atoms with van der Waals surface area (Å²) in [6, 6.07) is 14.3. The van der Waals surface area contributed by atoms with Gasteiger partial charge in [0.1, 0.15) is 11.6 Å². The lowest BCUT2D eigenvalue weighted by atomic mass is 10.2. The van der Waals surface area contributed by atoms with Crippen LogP contribution in [0, 0.1) is 19.7 Å². The van der Waals surface area contributed by atoms with Gasteiger partial charge >= 0.3 is 0 Å². The molecule has 0 saturated heterocycles. The largest absolute Gasteiger partial charge is 0.354 e. The van der Waals surface area contributed by atoms with Crippen molar-refractivity contribution in [2.45, 2.75) is 18.7 Å². The van der Waals surface area contributed by atoms with Crippen LogP contribution < -0.4 is 10.0 Å². The van der Waals surface area contributed by atoms with E-state index in [1.54, 1.807) is 43.3 Å². The molecule has 2 aromatic carbocycles. The van der Waals surface area contributed by atoms with Gasteiger partial charge in [-0.25, -0.2) is 17.8 Å². The number of pyridine rings is 1. The SMILES string of the molecule is Cc1ccc(S(=O)(=O)Nc2ccc(Nc3ccc(F)cc3)cn2)c(C)c1. The van der Waals surface area contributed by atoms with Gasteiger partial charge in [0, 0.05) is 5.69 Å². The molecule has 0 amide bonds. The number of sulfonamides is 1. The molecule has 0 unspecified atom stereocenters. The second kappa shape index (κ2) is 7.13. The fraction of sp³-hybridized carbons (Fsp3) is 0.105. The van der Waals surface area contributed by atoms with Crippen LogP contribution in [0.4, 0.5) is 21.6 Å². The minimum atomic E-state index is -3.71. The second-order valence-electron chi connectivity index (χ2n) is 5.94. The Morgan fingerprint density at radius 1 is 0.923 bits per heavy atom. The summed E-state index contributed by atoms with van der Waals surface area (Å²) in [6.45, 7) is 3.66. The number of nitrogens with one attached hydrogen (secondary N) is 2. The molecule has 0 spiro atoms. The minimum absolute atomic E-state index is 0.217. The minimum Gasteiger partial charge on any atom is -0.354 e. The molecule has 0 saturated carbocycles. The lowest BCUT2D eigenvalue weighted by Gasteiger charge is -2.11. The Bertz CT molecular complexity index is 1020. The third kappa shape index (κ3) is 4.18. The Morgan fingerprint density at radius 3 is 2.23 bits per heavy atom. The number of hydrogen-bond donors (Lipinski definition) is 2. The summed E-state index contributed by atoms with van der Waals surface area (Å²) < 4.78 is 40.5. The van der Waals surface area contributed by atoms with Crippen molar-refractivity contribution in [3.05, 3.63) is 77.7 Å². The number of rotatable bonds is 5. The average Bonchev–Trinajstić information content (AvgIpc) is 2.58. The van der Waals surface area contributed by atoms with E-state index in [4.69, 9.17) is 0 Å². The summed E-state index contributed by atoms with van der Waals surface area (Å²) in [5, 5.41) is 3.06. The first kappa shape index (κ1) is 17.9. The van der Waals surface area contributed by atoms with E-state index >= 15 is 0 Å². The van der Waals surface area contributed by atoms with Crippen LogP contribution in [0.5, 0.6) is 0 Å². The topological polar surface area (TPSA) is 71.1 Å². The number of nitrogens with zero attached hydrogens (tertiary/aromatic N) is 1. The van der Waals surface area contributed by atoms with Crippen LogP contribution in [0.1, 0.15) is 11.1 Å². The number of aryl methyl sites for hydroxylation is 2. The zero-order valence-electron chi connectivity index (χ0n) is 14.3. The molecule has 3 aromatic rings. The summed E-state index contributed by atoms with van der Waals surface area (Å²) >= 11 is 0. The molecule has 0 bridgehead atoms. The fourth-order valence-corrected chi connectivity index (χ4v) is 3.76. The Labute approximate surface area is 152 Å². The van der Waals surface area contributed by atoms with Gasteiger partial charge in [-0.15, -0.1) is 0 Å². The van der Waals surface area contributed by atoms with E-state index < -0.39 is 10.0 Å². The molecule has 0 radical (unpaired) electrons. The molecule has 5 nitrogen and oxygen atoms in total. The van der Waals surface area contributed by atoms with Gasteiger partial charge in [0.25, 0.3) is 10.0 Å². The van der Waals surface area contributed by atoms with E-state index in [1.807, 2.05) is 13.0 Å². The monoisotopic (exact) mass is 371 g/mol. The Kier molecular flexibility index (Phi) is 4.90. The number of halogens is 1. The molecular weight excluding hydrogens is 353 g/mol. The van der Waals surface area contributed by atoms with Gasteiger partial charge in [-0.1, -0.05) is 17.7 Å². The number of benzene rings is 2. The van der Waals surface area contributed by atoms with Crippen LogP contribution in [0.15, 0.2) is 65.7 Å². The molecule has 0 fully saturated rings. The highest BCUT2D eigenvalue weighted by Gasteiger charge is 2.17. The van der Waals surface area contributed by atoms with Gasteiger partial charge < -0.3 is 5.32 Å². The van der Waals surface area contributed by atoms with E-state index in [2.05, 4.69) is 15.0 Å². The van der Waals surface area contributed by atoms with Gasteiger partial charge in [-0.2, -0.15) is 0 Å². The predicted octanol–water partition coefficient (Wildman–Crippen LogP) is 4.38. The maximum Gasteiger partial charge on any atom is 0.263 e. The molecule has 0 aliphatic heterocycles. The molecular formula is C19H18FN3O2S. The van der Waals surface area contributed by atoms with Crippen molar-refractivity contribution in [2.75, 3.05) is 10.0 Å². The summed E-state index contributed by atoms with van der Waals surface area (Å²) in [5.74, 6) is -0.0977. The van der Waals surface area contributed by atoms with Gasteiger partial charge in [-0.05, 0) is 61.9 Å². The Morgan fingerprint density at radius 2 is 1.62 bits per heavy atom. The molecule has 1 aromatic heterocycles. The van der Waals surface area contributed by atoms with Gasteiger partial charge in [0.2, 0.25) is 0 Å². The summed E-state index contributed by atoms with van der Waals surface area (Å²) in [4.78, 5) is 4.34. The highest BCUT2D eigenvalue weighted by molar-refractivity contribution is 7.92. The normalized spacial score (nSPS) is 11.2. The van der Waals surface area contributed by atoms with Gasteiger partial charge in [-0.3, -0.25) is 4.72 Å². The maximum atomic E-state index is 12.9. The molecule has 3 rings (SSSR count). The Balaban J connectivity index is 1.75. The third-order valence-corrected chi connectivity index (χ3v) is 5.27. The highest BCUT2D eigenvalue weighted by Crippen LogP contribution is 2.21. The van der Waals surface area contributed by atoms with Crippen LogP contribution >= 0.6 is 0 Å². The molecule has 1 heterocycles. The molecule has 0 aliphatic rings. The standard InChI is InChI=1S/C19H18FN3O2S/c1-13-3-9-18(14(2)11-13)26(24,25)23-19-10-8-17(12-21-19)22-16-6-4-15(20)5-7-16/h3-12,22H,1-2H3,(H,21,23). The molecule has 0 aliphatic carbocycles. The lowest BCUT2D eigenvalue weighted by molar-refractivity contribution is 0.600. The number of anilines is 3. The van der Waals surface area contributed by atoms with Crippen LogP contribution in [-0.2, 0) is 10.0 Å². The summed E-state index contributed by atoms with van der Waals surface area (Å²) in [7, 11) is -3.71. The summed E-state index contributed by atoms with van der Waals surface area (Å²) in [5.41, 5.74) is 3.03. The first-order valence-electron chi connectivity index (χ1n) is 7.92. The molecule has 2 N–H and O–H groups in total. The third-order valence-electron chi connectivity index (χ3n) is 3.76. The van der Waals surface area contributed by atoms with Gasteiger partial charge in [0.15, 0.2) is 0 Å². The van der Waals surface area contributed by atoms with E-state index in [-0.39, 0.29) is 16.5 Å². The maximum absolute atomic E-state index is 12.9. The second-order valence-corrected chi connectivity index (χ2v) is 7.59. The van der Waals surface area contributed by atoms with E-state index in [1.165, 1.54) is 18.3 Å². The highest BCUT2D eigenvalue weighted by atomic mass is 32.2. The van der Waals surface area contributed by atoms with E-state index in [9.17, 15) is 12.8 Å². The van der Waals surface area contributed by atoms with E-state index in [0.29, 0.717) is 16.9 Å². The molecule has 26 heavy (non-hydrogen) atoms. The number of hydrogen-bond acceptors (Lipinski definition) is 4. The first-order chi connectivity index (χ1) is 12.3. The smallest absolute Gasteiger partial charge is 0.263 e. The predicted molar refractivity (Wildman–Crippen MR) is 101 cm³/mol. The first-order valence-corrected chi connectivity index (χ1v) is 9.40. The van der Waals surface area contributed by atoms with Crippen molar-refractivity contribution in [3.8, 4) is 0 Å². The molecule has 0 atom stereocenters. The Hall–Kier alpha value is -2.93. The van der Waals surface area contributed by atoms with Gasteiger partial charge in [0.05, 0.1) is 16.8 Å². The van der Waals surface area contributed by atoms with E-state index in [0.717, 1.165) is 5.56 Å². The summed E-state index contributed by atoms with van der Waals surface area (Å²) in [6.07, 6.45) is 1.50. The van der Waals surface area contributed by atoms with Crippen molar-refractivity contribution in [1.29, 1.82) is 0 Å². The van der Waals surface area contributed by atoms with Crippen molar-refractivity contribution in [1.82, 2.24) is 4.98 Å². The van der Waals surface area contributed by atoms with Crippen molar-refractivity contribution < 1.29 is 12.8 Å². The quantitative estimate of drug-likeness (QED) is 0.698.